The normalized spacial score (nSPS) is 10.2. The molecule has 0 unspecified atom stereocenters. The zero-order valence-corrected chi connectivity index (χ0v) is 12.4. The van der Waals surface area contributed by atoms with E-state index in [9.17, 15) is 4.79 Å². The fourth-order valence-electron chi connectivity index (χ4n) is 1.82. The van der Waals surface area contributed by atoms with Crippen LogP contribution in [-0.2, 0) is 10.6 Å². The highest BCUT2D eigenvalue weighted by Crippen LogP contribution is 2.29. The van der Waals surface area contributed by atoms with Crippen molar-refractivity contribution in [2.24, 2.45) is 5.84 Å². The predicted molar refractivity (Wildman–Crippen MR) is 84.7 cm³/mol. The molecule has 0 atom stereocenters. The summed E-state index contributed by atoms with van der Waals surface area (Å²) in [6.07, 6.45) is 0. The molecule has 110 valence electrons. The standard InChI is InChI=1S/C15H17N3O2S/c1-20-18-12-7-8-13(15(19)17-16)14(9-12)21-10-11-5-3-2-4-6-11/h2-9,18H,10,16H2,1H3,(H,17,19). The Morgan fingerprint density at radius 2 is 2.00 bits per heavy atom. The molecule has 4 N–H and O–H groups in total. The first kappa shape index (κ1) is 15.4. The highest BCUT2D eigenvalue weighted by molar-refractivity contribution is 7.98. The minimum atomic E-state index is -0.311. The van der Waals surface area contributed by atoms with E-state index in [1.807, 2.05) is 36.4 Å². The lowest BCUT2D eigenvalue weighted by Gasteiger charge is -2.11. The monoisotopic (exact) mass is 303 g/mol. The Hall–Kier alpha value is -2.02. The molecule has 0 saturated carbocycles. The summed E-state index contributed by atoms with van der Waals surface area (Å²) in [4.78, 5) is 17.5. The lowest BCUT2D eigenvalue weighted by atomic mass is 10.2. The van der Waals surface area contributed by atoms with Crippen LogP contribution in [-0.4, -0.2) is 13.0 Å². The van der Waals surface area contributed by atoms with E-state index in [4.69, 9.17) is 10.7 Å². The summed E-state index contributed by atoms with van der Waals surface area (Å²) in [5, 5.41) is 0. The van der Waals surface area contributed by atoms with Gasteiger partial charge in [0.05, 0.1) is 18.4 Å². The van der Waals surface area contributed by atoms with Gasteiger partial charge in [0.15, 0.2) is 0 Å². The minimum absolute atomic E-state index is 0.311. The molecular formula is C15H17N3O2S. The Morgan fingerprint density at radius 1 is 1.24 bits per heavy atom. The van der Waals surface area contributed by atoms with Gasteiger partial charge >= 0.3 is 0 Å². The van der Waals surface area contributed by atoms with E-state index >= 15 is 0 Å². The molecule has 5 nitrogen and oxygen atoms in total. The minimum Gasteiger partial charge on any atom is -0.290 e. The first-order valence-corrected chi connectivity index (χ1v) is 7.34. The molecule has 0 bridgehead atoms. The van der Waals surface area contributed by atoms with Crippen molar-refractivity contribution in [3.05, 3.63) is 59.7 Å². The van der Waals surface area contributed by atoms with Crippen LogP contribution in [0.15, 0.2) is 53.4 Å². The van der Waals surface area contributed by atoms with E-state index in [-0.39, 0.29) is 5.91 Å². The molecule has 2 aromatic carbocycles. The molecule has 1 amide bonds. The third-order valence-corrected chi connectivity index (χ3v) is 3.94. The van der Waals surface area contributed by atoms with Gasteiger partial charge in [-0.25, -0.2) is 5.84 Å². The molecule has 0 spiro atoms. The van der Waals surface area contributed by atoms with Gasteiger partial charge in [-0.15, -0.1) is 11.8 Å². The second-order valence-electron chi connectivity index (χ2n) is 4.26. The van der Waals surface area contributed by atoms with Crippen LogP contribution in [0.1, 0.15) is 15.9 Å². The molecular weight excluding hydrogens is 286 g/mol. The average molecular weight is 303 g/mol. The molecule has 0 heterocycles. The molecule has 0 aliphatic carbocycles. The summed E-state index contributed by atoms with van der Waals surface area (Å²) in [6.45, 7) is 0. The smallest absolute Gasteiger partial charge is 0.266 e. The van der Waals surface area contributed by atoms with Gasteiger partial charge < -0.3 is 0 Å². The molecule has 0 fully saturated rings. The number of nitrogens with two attached hydrogens (primary N) is 1. The summed E-state index contributed by atoms with van der Waals surface area (Å²) < 4.78 is 0. The van der Waals surface area contributed by atoms with Gasteiger partial charge in [-0.1, -0.05) is 30.3 Å². The number of nitrogens with one attached hydrogen (secondary N) is 2. The maximum atomic E-state index is 11.8. The average Bonchev–Trinajstić information content (AvgIpc) is 2.53. The van der Waals surface area contributed by atoms with E-state index in [1.165, 1.54) is 12.7 Å². The van der Waals surface area contributed by atoms with Crippen LogP contribution in [0.3, 0.4) is 0 Å². The number of rotatable bonds is 6. The van der Waals surface area contributed by atoms with E-state index < -0.39 is 0 Å². The van der Waals surface area contributed by atoms with Crippen LogP contribution >= 0.6 is 11.8 Å². The SMILES string of the molecule is CONc1ccc(C(=O)NN)c(SCc2ccccc2)c1. The number of amides is 1. The van der Waals surface area contributed by atoms with Crippen molar-refractivity contribution in [2.75, 3.05) is 12.6 Å². The van der Waals surface area contributed by atoms with Crippen LogP contribution in [0.5, 0.6) is 0 Å². The topological polar surface area (TPSA) is 76.4 Å². The van der Waals surface area contributed by atoms with Crippen molar-refractivity contribution in [1.82, 2.24) is 5.43 Å². The van der Waals surface area contributed by atoms with Gasteiger partial charge in [-0.3, -0.25) is 20.5 Å². The van der Waals surface area contributed by atoms with Gasteiger partial charge in [0, 0.05) is 10.6 Å². The zero-order valence-electron chi connectivity index (χ0n) is 11.6. The first-order chi connectivity index (χ1) is 10.2. The number of hydrogen-bond acceptors (Lipinski definition) is 5. The van der Waals surface area contributed by atoms with E-state index in [0.29, 0.717) is 5.56 Å². The molecule has 0 saturated heterocycles. The van der Waals surface area contributed by atoms with Gasteiger partial charge in [-0.2, -0.15) is 0 Å². The van der Waals surface area contributed by atoms with Crippen molar-refractivity contribution >= 4 is 23.4 Å². The lowest BCUT2D eigenvalue weighted by Crippen LogP contribution is -2.30. The Balaban J connectivity index is 2.21. The van der Waals surface area contributed by atoms with Gasteiger partial charge in [0.25, 0.3) is 5.91 Å². The molecule has 21 heavy (non-hydrogen) atoms. The molecule has 0 aliphatic heterocycles. The summed E-state index contributed by atoms with van der Waals surface area (Å²) in [7, 11) is 1.54. The second kappa shape index (κ2) is 7.68. The van der Waals surface area contributed by atoms with Crippen molar-refractivity contribution in [2.45, 2.75) is 10.6 Å². The Kier molecular flexibility index (Phi) is 5.62. The quantitative estimate of drug-likeness (QED) is 0.331. The van der Waals surface area contributed by atoms with Crippen LogP contribution in [0.2, 0.25) is 0 Å². The second-order valence-corrected chi connectivity index (χ2v) is 5.28. The Morgan fingerprint density at radius 3 is 2.67 bits per heavy atom. The number of carbonyl (C=O) groups excluding carboxylic acids is 1. The number of carbonyl (C=O) groups is 1. The predicted octanol–water partition coefficient (Wildman–Crippen LogP) is 2.56. The number of hydrogen-bond donors (Lipinski definition) is 3. The fraction of sp³-hybridized carbons (Fsp3) is 0.133. The maximum absolute atomic E-state index is 11.8. The van der Waals surface area contributed by atoms with Crippen molar-refractivity contribution in [1.29, 1.82) is 0 Å². The zero-order chi connectivity index (χ0) is 15.1. The molecule has 6 heteroatoms. The van der Waals surface area contributed by atoms with Crippen molar-refractivity contribution < 1.29 is 9.63 Å². The number of anilines is 1. The van der Waals surface area contributed by atoms with Crippen LogP contribution in [0.4, 0.5) is 5.69 Å². The van der Waals surface area contributed by atoms with Gasteiger partial charge in [0.1, 0.15) is 0 Å². The van der Waals surface area contributed by atoms with E-state index in [2.05, 4.69) is 10.9 Å². The molecule has 2 rings (SSSR count). The maximum Gasteiger partial charge on any atom is 0.266 e. The summed E-state index contributed by atoms with van der Waals surface area (Å²) in [5.41, 5.74) is 7.43. The number of nitrogen functional groups attached to an aromatic ring is 1. The Bertz CT molecular complexity index is 605. The molecule has 0 aromatic heterocycles. The van der Waals surface area contributed by atoms with Crippen LogP contribution in [0.25, 0.3) is 0 Å². The van der Waals surface area contributed by atoms with Gasteiger partial charge in [-0.05, 0) is 23.8 Å². The fourth-order valence-corrected chi connectivity index (χ4v) is 2.86. The summed E-state index contributed by atoms with van der Waals surface area (Å²) >= 11 is 1.57. The molecule has 0 aliphatic rings. The third-order valence-electron chi connectivity index (χ3n) is 2.81. The van der Waals surface area contributed by atoms with Crippen LogP contribution < -0.4 is 16.7 Å². The highest BCUT2D eigenvalue weighted by atomic mass is 32.2. The summed E-state index contributed by atoms with van der Waals surface area (Å²) in [5.74, 6) is 5.68. The highest BCUT2D eigenvalue weighted by Gasteiger charge is 2.12. The lowest BCUT2D eigenvalue weighted by molar-refractivity contribution is 0.0950. The van der Waals surface area contributed by atoms with E-state index in [0.717, 1.165) is 16.3 Å². The number of hydrazine groups is 1. The number of thioether (sulfide) groups is 1. The first-order valence-electron chi connectivity index (χ1n) is 6.35. The third kappa shape index (κ3) is 4.22. The van der Waals surface area contributed by atoms with Crippen molar-refractivity contribution in [3.8, 4) is 0 Å². The van der Waals surface area contributed by atoms with Crippen molar-refractivity contribution in [3.63, 3.8) is 0 Å². The number of benzene rings is 2. The van der Waals surface area contributed by atoms with E-state index in [1.54, 1.807) is 23.9 Å². The van der Waals surface area contributed by atoms with Crippen LogP contribution in [0, 0.1) is 0 Å². The summed E-state index contributed by atoms with van der Waals surface area (Å²) in [6, 6.07) is 15.4. The Labute approximate surface area is 127 Å². The molecule has 2 aromatic rings. The molecule has 0 radical (unpaired) electrons. The van der Waals surface area contributed by atoms with Gasteiger partial charge in [0.2, 0.25) is 0 Å². The largest absolute Gasteiger partial charge is 0.290 e.